The Labute approximate surface area is 127 Å². The molecule has 0 radical (unpaired) electrons. The number of pyridine rings is 1. The molecule has 6 heteroatoms. The molecule has 3 atom stereocenters. The van der Waals surface area contributed by atoms with Gasteiger partial charge in [0.25, 0.3) is 0 Å². The van der Waals surface area contributed by atoms with Gasteiger partial charge in [0, 0.05) is 23.5 Å². The number of nitrogens with one attached hydrogen (secondary N) is 1. The zero-order chi connectivity index (χ0) is 15.3. The molecular weight excluding hydrogens is 278 g/mol. The topological polar surface area (TPSA) is 90.5 Å². The smallest absolute Gasteiger partial charge is 0.139 e. The number of nitriles is 1. The van der Waals surface area contributed by atoms with Gasteiger partial charge < -0.3 is 14.7 Å². The van der Waals surface area contributed by atoms with Gasteiger partial charge in [0.15, 0.2) is 0 Å². The van der Waals surface area contributed by atoms with Crippen LogP contribution in [-0.2, 0) is 0 Å². The number of rotatable bonds is 2. The average molecular weight is 295 g/mol. The summed E-state index contributed by atoms with van der Waals surface area (Å²) in [7, 11) is 0. The standard InChI is InChI=1S/C16H17N5O/c1-9(22)16-20-13-8-19-15-12(4-5-18-15)14(13)21(16)11-3-2-10(6-11)7-17/h4-5,8-11,22H,2-3,6H2,1H3,(H,18,19). The molecule has 2 N–H and O–H groups in total. The Hall–Kier alpha value is -2.39. The molecule has 4 rings (SSSR count). The van der Waals surface area contributed by atoms with Crippen molar-refractivity contribution in [1.82, 2.24) is 19.5 Å². The van der Waals surface area contributed by atoms with Crippen LogP contribution in [0.1, 0.15) is 44.2 Å². The second-order valence-corrected chi connectivity index (χ2v) is 6.04. The van der Waals surface area contributed by atoms with Gasteiger partial charge in [0.05, 0.1) is 17.8 Å². The van der Waals surface area contributed by atoms with Crippen molar-refractivity contribution >= 4 is 22.1 Å². The number of imidazole rings is 1. The van der Waals surface area contributed by atoms with E-state index in [0.29, 0.717) is 5.82 Å². The van der Waals surface area contributed by atoms with Crippen LogP contribution in [0, 0.1) is 17.2 Å². The lowest BCUT2D eigenvalue weighted by atomic mass is 10.1. The molecule has 1 saturated carbocycles. The normalized spacial score (nSPS) is 23.1. The fourth-order valence-corrected chi connectivity index (χ4v) is 3.58. The molecule has 1 aliphatic carbocycles. The lowest BCUT2D eigenvalue weighted by Crippen LogP contribution is -2.12. The van der Waals surface area contributed by atoms with E-state index in [4.69, 9.17) is 0 Å². The summed E-state index contributed by atoms with van der Waals surface area (Å²) in [6, 6.07) is 4.57. The molecule has 112 valence electrons. The van der Waals surface area contributed by atoms with Crippen molar-refractivity contribution in [2.24, 2.45) is 5.92 Å². The van der Waals surface area contributed by atoms with E-state index in [1.807, 2.05) is 12.3 Å². The number of aliphatic hydroxyl groups is 1. The monoisotopic (exact) mass is 295 g/mol. The molecule has 0 spiro atoms. The van der Waals surface area contributed by atoms with Gasteiger partial charge in [-0.2, -0.15) is 5.26 Å². The molecule has 3 aromatic rings. The van der Waals surface area contributed by atoms with Gasteiger partial charge >= 0.3 is 0 Å². The van der Waals surface area contributed by atoms with Crippen LogP contribution in [0.2, 0.25) is 0 Å². The first-order valence-corrected chi connectivity index (χ1v) is 7.60. The summed E-state index contributed by atoms with van der Waals surface area (Å²) in [5.74, 6) is 0.752. The number of fused-ring (bicyclic) bond motifs is 3. The Kier molecular flexibility index (Phi) is 2.91. The maximum Gasteiger partial charge on any atom is 0.139 e. The molecule has 6 nitrogen and oxygen atoms in total. The summed E-state index contributed by atoms with van der Waals surface area (Å²) < 4.78 is 2.13. The zero-order valence-electron chi connectivity index (χ0n) is 12.3. The first-order valence-electron chi connectivity index (χ1n) is 7.60. The lowest BCUT2D eigenvalue weighted by Gasteiger charge is -2.18. The summed E-state index contributed by atoms with van der Waals surface area (Å²) in [6.45, 7) is 1.73. The van der Waals surface area contributed by atoms with Gasteiger partial charge in [-0.3, -0.25) is 0 Å². The molecule has 0 amide bonds. The van der Waals surface area contributed by atoms with Crippen LogP contribution in [0.3, 0.4) is 0 Å². The maximum atomic E-state index is 10.1. The highest BCUT2D eigenvalue weighted by molar-refractivity contribution is 6.01. The molecule has 0 saturated heterocycles. The van der Waals surface area contributed by atoms with Crippen LogP contribution in [0.4, 0.5) is 0 Å². The Morgan fingerprint density at radius 3 is 3.09 bits per heavy atom. The van der Waals surface area contributed by atoms with Gasteiger partial charge in [-0.1, -0.05) is 0 Å². The Morgan fingerprint density at radius 1 is 1.50 bits per heavy atom. The number of nitrogens with zero attached hydrogens (tertiary/aromatic N) is 4. The van der Waals surface area contributed by atoms with E-state index in [9.17, 15) is 10.4 Å². The van der Waals surface area contributed by atoms with Crippen molar-refractivity contribution < 1.29 is 5.11 Å². The summed E-state index contributed by atoms with van der Waals surface area (Å²) in [4.78, 5) is 12.1. The van der Waals surface area contributed by atoms with Gasteiger partial charge in [-0.25, -0.2) is 9.97 Å². The molecule has 3 heterocycles. The summed E-state index contributed by atoms with van der Waals surface area (Å²) >= 11 is 0. The Balaban J connectivity index is 1.99. The zero-order valence-corrected chi connectivity index (χ0v) is 12.3. The van der Waals surface area contributed by atoms with E-state index < -0.39 is 6.10 Å². The number of aliphatic hydroxyl groups excluding tert-OH is 1. The minimum absolute atomic E-state index is 0.0906. The van der Waals surface area contributed by atoms with Crippen LogP contribution >= 0.6 is 0 Å². The second-order valence-electron chi connectivity index (χ2n) is 6.04. The molecule has 0 bridgehead atoms. The molecule has 3 aromatic heterocycles. The van der Waals surface area contributed by atoms with Crippen molar-refractivity contribution in [3.05, 3.63) is 24.3 Å². The van der Waals surface area contributed by atoms with E-state index in [0.717, 1.165) is 41.3 Å². The number of aromatic amines is 1. The van der Waals surface area contributed by atoms with E-state index in [2.05, 4.69) is 25.6 Å². The van der Waals surface area contributed by atoms with Crippen molar-refractivity contribution in [1.29, 1.82) is 5.26 Å². The first-order chi connectivity index (χ1) is 10.7. The third-order valence-electron chi connectivity index (χ3n) is 4.59. The van der Waals surface area contributed by atoms with Crippen molar-refractivity contribution in [2.45, 2.75) is 38.3 Å². The molecule has 3 unspecified atom stereocenters. The summed E-state index contributed by atoms with van der Waals surface area (Å²) in [5, 5.41) is 20.3. The fraction of sp³-hybridized carbons (Fsp3) is 0.438. The van der Waals surface area contributed by atoms with Crippen molar-refractivity contribution in [3.63, 3.8) is 0 Å². The highest BCUT2D eigenvalue weighted by atomic mass is 16.3. The number of hydrogen-bond acceptors (Lipinski definition) is 4. The molecule has 0 aromatic carbocycles. The Bertz CT molecular complexity index is 885. The number of hydrogen-bond donors (Lipinski definition) is 2. The fourth-order valence-electron chi connectivity index (χ4n) is 3.58. The lowest BCUT2D eigenvalue weighted by molar-refractivity contribution is 0.181. The van der Waals surface area contributed by atoms with E-state index in [1.54, 1.807) is 13.1 Å². The van der Waals surface area contributed by atoms with E-state index >= 15 is 0 Å². The van der Waals surface area contributed by atoms with E-state index in [-0.39, 0.29) is 12.0 Å². The van der Waals surface area contributed by atoms with Crippen LogP contribution in [-0.4, -0.2) is 24.6 Å². The maximum absolute atomic E-state index is 10.1. The van der Waals surface area contributed by atoms with Crippen molar-refractivity contribution in [2.75, 3.05) is 0 Å². The minimum Gasteiger partial charge on any atom is -0.385 e. The molecular formula is C16H17N5O. The molecule has 1 aliphatic rings. The average Bonchev–Trinajstić information content (AvgIpc) is 3.22. The third kappa shape index (κ3) is 1.82. The largest absolute Gasteiger partial charge is 0.385 e. The highest BCUT2D eigenvalue weighted by Crippen LogP contribution is 2.39. The quantitative estimate of drug-likeness (QED) is 0.760. The van der Waals surface area contributed by atoms with Crippen LogP contribution in [0.25, 0.3) is 22.1 Å². The third-order valence-corrected chi connectivity index (χ3v) is 4.59. The minimum atomic E-state index is -0.650. The van der Waals surface area contributed by atoms with E-state index in [1.165, 1.54) is 0 Å². The van der Waals surface area contributed by atoms with Gasteiger partial charge in [0.1, 0.15) is 23.1 Å². The second kappa shape index (κ2) is 4.82. The van der Waals surface area contributed by atoms with Gasteiger partial charge in [-0.05, 0) is 32.3 Å². The number of aromatic nitrogens is 4. The van der Waals surface area contributed by atoms with Crippen LogP contribution in [0.5, 0.6) is 0 Å². The molecule has 22 heavy (non-hydrogen) atoms. The summed E-state index contributed by atoms with van der Waals surface area (Å²) in [5.41, 5.74) is 2.62. The van der Waals surface area contributed by atoms with Crippen LogP contribution in [0.15, 0.2) is 18.5 Å². The van der Waals surface area contributed by atoms with Crippen molar-refractivity contribution in [3.8, 4) is 6.07 Å². The number of H-pyrrole nitrogens is 1. The van der Waals surface area contributed by atoms with Crippen LogP contribution < -0.4 is 0 Å². The summed E-state index contributed by atoms with van der Waals surface area (Å²) in [6.07, 6.45) is 5.62. The SMILES string of the molecule is CC(O)c1nc2cnc3[nH]ccc3c2n1C1CCC(C#N)C1. The predicted molar refractivity (Wildman–Crippen MR) is 82.0 cm³/mol. The first kappa shape index (κ1) is 13.3. The molecule has 0 aliphatic heterocycles. The predicted octanol–water partition coefficient (Wildman–Crippen LogP) is 2.83. The van der Waals surface area contributed by atoms with Gasteiger partial charge in [0.2, 0.25) is 0 Å². The molecule has 1 fully saturated rings. The Morgan fingerprint density at radius 2 is 2.36 bits per heavy atom. The van der Waals surface area contributed by atoms with Gasteiger partial charge in [-0.15, -0.1) is 0 Å². The highest BCUT2D eigenvalue weighted by Gasteiger charge is 2.30.